The van der Waals surface area contributed by atoms with Crippen LogP contribution in [0.4, 0.5) is 10.5 Å². The van der Waals surface area contributed by atoms with E-state index >= 15 is 0 Å². The van der Waals surface area contributed by atoms with Crippen LogP contribution in [-0.2, 0) is 9.59 Å². The molecule has 2 aromatic carbocycles. The van der Waals surface area contributed by atoms with E-state index in [0.29, 0.717) is 17.1 Å². The van der Waals surface area contributed by atoms with Gasteiger partial charge in [-0.05, 0) is 73.3 Å². The van der Waals surface area contributed by atoms with Crippen molar-refractivity contribution in [3.05, 3.63) is 88.6 Å². The highest BCUT2D eigenvalue weighted by atomic mass is 32.2. The van der Waals surface area contributed by atoms with Gasteiger partial charge in [-0.3, -0.25) is 19.3 Å². The van der Waals surface area contributed by atoms with Gasteiger partial charge in [0.15, 0.2) is 0 Å². The molecule has 9 heteroatoms. The predicted molar refractivity (Wildman–Crippen MR) is 125 cm³/mol. The van der Waals surface area contributed by atoms with Crippen LogP contribution in [0.5, 0.6) is 0 Å². The van der Waals surface area contributed by atoms with E-state index in [9.17, 15) is 19.2 Å². The second kappa shape index (κ2) is 9.17. The zero-order valence-electron chi connectivity index (χ0n) is 17.5. The molecule has 3 aromatic rings. The summed E-state index contributed by atoms with van der Waals surface area (Å²) in [5.74, 6) is -2.03. The summed E-state index contributed by atoms with van der Waals surface area (Å²) in [6.45, 7) is 1.55. The molecule has 0 atom stereocenters. The van der Waals surface area contributed by atoms with Crippen molar-refractivity contribution in [2.45, 2.75) is 6.92 Å². The zero-order chi connectivity index (χ0) is 23.5. The number of carboxylic acid groups (broad SMARTS) is 1. The number of amides is 3. The number of rotatable bonds is 6. The van der Waals surface area contributed by atoms with E-state index in [1.807, 2.05) is 19.1 Å². The first-order valence-corrected chi connectivity index (χ1v) is 10.8. The molecule has 1 aliphatic rings. The summed E-state index contributed by atoms with van der Waals surface area (Å²) in [6.07, 6.45) is 3.34. The minimum atomic E-state index is -1.02. The normalized spacial score (nSPS) is 14.7. The van der Waals surface area contributed by atoms with Gasteiger partial charge in [-0.25, -0.2) is 4.79 Å². The van der Waals surface area contributed by atoms with E-state index in [1.54, 1.807) is 53.2 Å². The molecule has 8 nitrogen and oxygen atoms in total. The summed E-state index contributed by atoms with van der Waals surface area (Å²) in [5.41, 5.74) is 3.13. The maximum absolute atomic E-state index is 12.8. The van der Waals surface area contributed by atoms with Gasteiger partial charge in [0.2, 0.25) is 5.91 Å². The van der Waals surface area contributed by atoms with Crippen molar-refractivity contribution in [1.29, 1.82) is 0 Å². The van der Waals surface area contributed by atoms with E-state index in [-0.39, 0.29) is 17.0 Å². The van der Waals surface area contributed by atoms with Gasteiger partial charge < -0.3 is 15.0 Å². The fourth-order valence-corrected chi connectivity index (χ4v) is 4.09. The van der Waals surface area contributed by atoms with E-state index in [1.165, 1.54) is 12.1 Å². The van der Waals surface area contributed by atoms with Gasteiger partial charge in [-0.1, -0.05) is 17.7 Å². The fraction of sp³-hybridized carbons (Fsp3) is 0.0833. The Morgan fingerprint density at radius 3 is 2.39 bits per heavy atom. The number of aromatic nitrogens is 1. The number of anilines is 1. The molecule has 0 unspecified atom stereocenters. The lowest BCUT2D eigenvalue weighted by Gasteiger charge is -2.12. The van der Waals surface area contributed by atoms with Crippen LogP contribution in [0.2, 0.25) is 0 Å². The second-order valence-corrected chi connectivity index (χ2v) is 8.33. The van der Waals surface area contributed by atoms with Crippen LogP contribution in [0.1, 0.15) is 21.6 Å². The number of carbonyl (C=O) groups is 4. The van der Waals surface area contributed by atoms with E-state index in [0.717, 1.165) is 22.2 Å². The summed E-state index contributed by atoms with van der Waals surface area (Å²) in [5, 5.41) is 11.2. The number of thioether (sulfide) groups is 1. The maximum atomic E-state index is 12.8. The SMILES string of the molecule is Cc1ccc(NC(=O)CN2C(=O)S/C(=C/c3cccn3-c3ccc(C(=O)O)cc3)C2=O)cc1. The number of aryl methyl sites for hydroxylation is 1. The summed E-state index contributed by atoms with van der Waals surface area (Å²) >= 11 is 0.768. The Labute approximate surface area is 193 Å². The minimum absolute atomic E-state index is 0.164. The number of carbonyl (C=O) groups excluding carboxylic acids is 3. The lowest BCUT2D eigenvalue weighted by atomic mass is 10.2. The number of imide groups is 1. The largest absolute Gasteiger partial charge is 0.478 e. The number of carboxylic acids is 1. The molecule has 1 fully saturated rings. The van der Waals surface area contributed by atoms with Crippen molar-refractivity contribution in [2.24, 2.45) is 0 Å². The fourth-order valence-electron chi connectivity index (χ4n) is 3.26. The third-order valence-corrected chi connectivity index (χ3v) is 5.87. The summed E-state index contributed by atoms with van der Waals surface area (Å²) in [7, 11) is 0. The summed E-state index contributed by atoms with van der Waals surface area (Å²) in [4.78, 5) is 49.7. The second-order valence-electron chi connectivity index (χ2n) is 7.34. The quantitative estimate of drug-likeness (QED) is 0.534. The van der Waals surface area contributed by atoms with Crippen LogP contribution in [0.15, 0.2) is 71.8 Å². The Hall–Kier alpha value is -4.11. The average Bonchev–Trinajstić information content (AvgIpc) is 3.35. The van der Waals surface area contributed by atoms with Crippen LogP contribution >= 0.6 is 11.8 Å². The van der Waals surface area contributed by atoms with Gasteiger partial charge in [0.05, 0.1) is 10.5 Å². The van der Waals surface area contributed by atoms with E-state index in [4.69, 9.17) is 5.11 Å². The minimum Gasteiger partial charge on any atom is -0.478 e. The molecule has 1 aromatic heterocycles. The molecule has 4 rings (SSSR count). The lowest BCUT2D eigenvalue weighted by molar-refractivity contribution is -0.127. The molecular weight excluding hydrogens is 442 g/mol. The summed E-state index contributed by atoms with van der Waals surface area (Å²) in [6, 6.07) is 17.0. The third kappa shape index (κ3) is 4.88. The van der Waals surface area contributed by atoms with Gasteiger partial charge in [-0.15, -0.1) is 0 Å². The number of hydrogen-bond donors (Lipinski definition) is 2. The monoisotopic (exact) mass is 461 g/mol. The predicted octanol–water partition coefficient (Wildman–Crippen LogP) is 4.16. The highest BCUT2D eigenvalue weighted by Gasteiger charge is 2.36. The highest BCUT2D eigenvalue weighted by Crippen LogP contribution is 2.32. The van der Waals surface area contributed by atoms with E-state index < -0.39 is 23.0 Å². The first-order chi connectivity index (χ1) is 15.8. The Kier molecular flexibility index (Phi) is 6.14. The Morgan fingerprint density at radius 1 is 1.03 bits per heavy atom. The number of benzene rings is 2. The molecular formula is C24H19N3O5S. The van der Waals surface area contributed by atoms with Crippen molar-refractivity contribution in [3.8, 4) is 5.69 Å². The Balaban J connectivity index is 1.49. The molecule has 0 spiro atoms. The van der Waals surface area contributed by atoms with Crippen molar-refractivity contribution >= 4 is 46.5 Å². The molecule has 0 aliphatic carbocycles. The van der Waals surface area contributed by atoms with Crippen molar-refractivity contribution in [3.63, 3.8) is 0 Å². The molecule has 1 saturated heterocycles. The topological polar surface area (TPSA) is 109 Å². The Bertz CT molecular complexity index is 1280. The number of aromatic carboxylic acids is 1. The van der Waals surface area contributed by atoms with E-state index in [2.05, 4.69) is 5.32 Å². The number of nitrogens with one attached hydrogen (secondary N) is 1. The first kappa shape index (κ1) is 22.1. The molecule has 2 heterocycles. The zero-order valence-corrected chi connectivity index (χ0v) is 18.3. The Morgan fingerprint density at radius 2 is 1.73 bits per heavy atom. The number of hydrogen-bond acceptors (Lipinski definition) is 5. The molecule has 0 bridgehead atoms. The molecule has 33 heavy (non-hydrogen) atoms. The number of nitrogens with zero attached hydrogens (tertiary/aromatic N) is 2. The molecule has 0 radical (unpaired) electrons. The van der Waals surface area contributed by atoms with Crippen molar-refractivity contribution in [2.75, 3.05) is 11.9 Å². The van der Waals surface area contributed by atoms with Crippen LogP contribution in [0.25, 0.3) is 11.8 Å². The van der Waals surface area contributed by atoms with Gasteiger partial charge >= 0.3 is 5.97 Å². The van der Waals surface area contributed by atoms with Crippen LogP contribution < -0.4 is 5.32 Å². The van der Waals surface area contributed by atoms with Crippen LogP contribution in [-0.4, -0.2) is 44.1 Å². The molecule has 166 valence electrons. The first-order valence-electron chi connectivity index (χ1n) is 9.95. The standard InChI is InChI=1S/C24H19N3O5S/c1-15-4-8-17(9-5-15)25-21(28)14-27-22(29)20(33-24(27)32)13-19-3-2-12-26(19)18-10-6-16(7-11-18)23(30)31/h2-13H,14H2,1H3,(H,25,28)(H,30,31)/b20-13+. The van der Waals surface area contributed by atoms with Gasteiger partial charge in [0.25, 0.3) is 11.1 Å². The lowest BCUT2D eigenvalue weighted by Crippen LogP contribution is -2.36. The maximum Gasteiger partial charge on any atom is 0.335 e. The van der Waals surface area contributed by atoms with Gasteiger partial charge in [0, 0.05) is 23.3 Å². The summed E-state index contributed by atoms with van der Waals surface area (Å²) < 4.78 is 1.77. The van der Waals surface area contributed by atoms with Gasteiger partial charge in [0.1, 0.15) is 6.54 Å². The van der Waals surface area contributed by atoms with Crippen molar-refractivity contribution < 1.29 is 24.3 Å². The van der Waals surface area contributed by atoms with Gasteiger partial charge in [-0.2, -0.15) is 0 Å². The smallest absolute Gasteiger partial charge is 0.335 e. The average molecular weight is 461 g/mol. The third-order valence-electron chi connectivity index (χ3n) is 4.96. The molecule has 0 saturated carbocycles. The molecule has 2 N–H and O–H groups in total. The van der Waals surface area contributed by atoms with Crippen LogP contribution in [0.3, 0.4) is 0 Å². The molecule has 3 amide bonds. The highest BCUT2D eigenvalue weighted by molar-refractivity contribution is 8.18. The van der Waals surface area contributed by atoms with Crippen molar-refractivity contribution in [1.82, 2.24) is 9.47 Å². The molecule has 1 aliphatic heterocycles. The van der Waals surface area contributed by atoms with Crippen LogP contribution in [0, 0.1) is 6.92 Å².